The number of ether oxygens (including phenoxy) is 3. The molecule has 0 saturated carbocycles. The molecule has 16 heteroatoms. The van der Waals surface area contributed by atoms with E-state index in [0.29, 0.717) is 11.0 Å². The van der Waals surface area contributed by atoms with E-state index in [4.69, 9.17) is 25.7 Å². The van der Waals surface area contributed by atoms with E-state index in [9.17, 15) is 39.9 Å². The minimum atomic E-state index is -2.40. The van der Waals surface area contributed by atoms with Crippen LogP contribution in [-0.4, -0.2) is 116 Å². The summed E-state index contributed by atoms with van der Waals surface area (Å²) in [6, 6.07) is -0.625. The maximum Gasteiger partial charge on any atom is 0.330 e. The van der Waals surface area contributed by atoms with Gasteiger partial charge in [-0.3, -0.25) is 19.1 Å². The molecule has 0 amide bonds. The van der Waals surface area contributed by atoms with Crippen molar-refractivity contribution in [2.24, 2.45) is 11.5 Å². The first-order valence-electron chi connectivity index (χ1n) is 10.9. The maximum absolute atomic E-state index is 12.2. The number of aromatic nitrogens is 2. The Morgan fingerprint density at radius 3 is 2.60 bits per heavy atom. The number of H-pyrrole nitrogens is 1. The van der Waals surface area contributed by atoms with Crippen molar-refractivity contribution in [3.8, 4) is 0 Å². The quantitative estimate of drug-likeness (QED) is 0.127. The number of aliphatic hydroxyl groups is 4. The fourth-order valence-corrected chi connectivity index (χ4v) is 4.09. The molecule has 0 aliphatic carbocycles. The monoisotopic (exact) mass is 505 g/mol. The van der Waals surface area contributed by atoms with Crippen LogP contribution in [0.5, 0.6) is 0 Å². The van der Waals surface area contributed by atoms with Crippen LogP contribution in [-0.2, 0) is 24.7 Å². The van der Waals surface area contributed by atoms with Gasteiger partial charge in [-0.1, -0.05) is 0 Å². The summed E-state index contributed by atoms with van der Waals surface area (Å²) in [6.45, 7) is -0.474. The molecule has 0 radical (unpaired) electrons. The number of carboxylic acid groups (broad SMARTS) is 1. The van der Waals surface area contributed by atoms with Crippen molar-refractivity contribution in [1.29, 1.82) is 0 Å². The molecule has 0 bridgehead atoms. The zero-order valence-corrected chi connectivity index (χ0v) is 18.6. The van der Waals surface area contributed by atoms with Crippen LogP contribution < -0.4 is 28.0 Å². The smallest absolute Gasteiger partial charge is 0.330 e. The topological polar surface area (TPSA) is 265 Å². The largest absolute Gasteiger partial charge is 0.480 e. The van der Waals surface area contributed by atoms with Crippen LogP contribution in [0.15, 0.2) is 21.9 Å². The average Bonchev–Trinajstić information content (AvgIpc) is 3.25. The van der Waals surface area contributed by atoms with Gasteiger partial charge in [0.15, 0.2) is 12.0 Å². The van der Waals surface area contributed by atoms with Crippen molar-refractivity contribution in [2.45, 2.75) is 61.1 Å². The molecule has 35 heavy (non-hydrogen) atoms. The molecule has 3 heterocycles. The molecule has 2 fully saturated rings. The Balaban J connectivity index is 1.94. The molecule has 0 aromatic carbocycles. The second-order valence-corrected chi connectivity index (χ2v) is 8.35. The van der Waals surface area contributed by atoms with Crippen molar-refractivity contribution >= 4 is 5.97 Å². The number of aliphatic hydroxyl groups excluding tert-OH is 3. The summed E-state index contributed by atoms with van der Waals surface area (Å²) < 4.78 is 17.3. The second kappa shape index (κ2) is 11.2. The molecule has 11 N–H and O–H groups in total. The molecule has 9 atom stereocenters. The van der Waals surface area contributed by atoms with Crippen molar-refractivity contribution in [1.82, 2.24) is 14.9 Å². The van der Waals surface area contributed by atoms with Gasteiger partial charge in [-0.15, -0.1) is 0 Å². The third kappa shape index (κ3) is 5.46. The van der Waals surface area contributed by atoms with E-state index in [0.717, 1.165) is 12.3 Å². The number of hydrogen-bond donors (Lipinski definition) is 9. The molecule has 16 nitrogen and oxygen atoms in total. The highest BCUT2D eigenvalue weighted by Gasteiger charge is 2.57. The van der Waals surface area contributed by atoms with E-state index in [-0.39, 0.29) is 19.6 Å². The molecular formula is C19H31N5O11. The number of aliphatic carboxylic acids is 1. The van der Waals surface area contributed by atoms with Gasteiger partial charge in [0.1, 0.15) is 42.7 Å². The molecule has 1 aromatic rings. The SMILES string of the molecule is NCCCNC(C(=O)O)[C@H](O[C@@H]1O[C@H](CN)[C@@H](O)[C@H]1O)[C@H]1OC[C@@](O)(n2ccc(=O)[nH]c2=O)[C@H]1O. The summed E-state index contributed by atoms with van der Waals surface area (Å²) in [7, 11) is 0. The fourth-order valence-electron chi connectivity index (χ4n) is 4.09. The van der Waals surface area contributed by atoms with Crippen molar-refractivity contribution in [3.63, 3.8) is 0 Å². The Hall–Kier alpha value is -2.25. The van der Waals surface area contributed by atoms with Crippen molar-refractivity contribution in [2.75, 3.05) is 26.2 Å². The van der Waals surface area contributed by atoms with Gasteiger partial charge < -0.3 is 56.5 Å². The first-order valence-corrected chi connectivity index (χ1v) is 10.9. The number of hydrogen-bond acceptors (Lipinski definition) is 13. The summed E-state index contributed by atoms with van der Waals surface area (Å²) >= 11 is 0. The summed E-state index contributed by atoms with van der Waals surface area (Å²) in [5.41, 5.74) is 6.80. The zero-order chi connectivity index (χ0) is 25.9. The summed E-state index contributed by atoms with van der Waals surface area (Å²) in [6.07, 6.45) is -9.38. The van der Waals surface area contributed by atoms with Crippen LogP contribution >= 0.6 is 0 Å². The van der Waals surface area contributed by atoms with Gasteiger partial charge in [0, 0.05) is 18.8 Å². The number of rotatable bonds is 11. The van der Waals surface area contributed by atoms with Gasteiger partial charge in [0.25, 0.3) is 5.56 Å². The highest BCUT2D eigenvalue weighted by molar-refractivity contribution is 5.74. The molecule has 2 aliphatic rings. The standard InChI is InChI=1S/C19H31N5O11/c20-3-1-4-22-10(16(29)30)13(35-17-12(27)11(26)8(6-21)34-17)14-15(28)19(32,7-33-14)24-5-2-9(25)23-18(24)31/h2,5,8,10-15,17,22,26-28,32H,1,3-4,6-7,20-21H2,(H,29,30)(H,23,25,31)/t8-,10?,11-,12-,13+,14-,15+,17+,19+/m1/s1. The van der Waals surface area contributed by atoms with Crippen molar-refractivity contribution < 1.29 is 44.5 Å². The van der Waals surface area contributed by atoms with Crippen LogP contribution in [0.1, 0.15) is 6.42 Å². The lowest BCUT2D eigenvalue weighted by Gasteiger charge is -2.35. The van der Waals surface area contributed by atoms with Crippen LogP contribution in [0.3, 0.4) is 0 Å². The van der Waals surface area contributed by atoms with E-state index < -0.39 is 78.5 Å². The Morgan fingerprint density at radius 2 is 2.03 bits per heavy atom. The first-order chi connectivity index (χ1) is 16.5. The minimum Gasteiger partial charge on any atom is -0.480 e. The molecular weight excluding hydrogens is 474 g/mol. The third-order valence-electron chi connectivity index (χ3n) is 6.02. The van der Waals surface area contributed by atoms with E-state index >= 15 is 0 Å². The van der Waals surface area contributed by atoms with Gasteiger partial charge in [0.2, 0.25) is 0 Å². The number of nitrogens with zero attached hydrogens (tertiary/aromatic N) is 1. The lowest BCUT2D eigenvalue weighted by Crippen LogP contribution is -2.60. The van der Waals surface area contributed by atoms with Gasteiger partial charge in [0.05, 0.1) is 6.61 Å². The van der Waals surface area contributed by atoms with Crippen molar-refractivity contribution in [3.05, 3.63) is 33.1 Å². The number of aromatic amines is 1. The van der Waals surface area contributed by atoms with Crippen LogP contribution in [0, 0.1) is 0 Å². The predicted molar refractivity (Wildman–Crippen MR) is 115 cm³/mol. The van der Waals surface area contributed by atoms with Gasteiger partial charge in [-0.25, -0.2) is 4.79 Å². The Labute approximate surface area is 198 Å². The Kier molecular flexibility index (Phi) is 8.76. The Morgan fingerprint density at radius 1 is 1.31 bits per heavy atom. The molecule has 2 aliphatic heterocycles. The average molecular weight is 505 g/mol. The minimum absolute atomic E-state index is 0.127. The highest BCUT2D eigenvalue weighted by atomic mass is 16.7. The van der Waals surface area contributed by atoms with Crippen LogP contribution in [0.2, 0.25) is 0 Å². The van der Waals surface area contributed by atoms with Gasteiger partial charge >= 0.3 is 11.7 Å². The highest BCUT2D eigenvalue weighted by Crippen LogP contribution is 2.34. The predicted octanol–water partition coefficient (Wildman–Crippen LogP) is -5.88. The summed E-state index contributed by atoms with van der Waals surface area (Å²) in [4.78, 5) is 37.7. The van der Waals surface area contributed by atoms with Crippen LogP contribution in [0.25, 0.3) is 0 Å². The molecule has 0 spiro atoms. The molecule has 1 unspecified atom stereocenters. The number of carboxylic acids is 1. The van der Waals surface area contributed by atoms with Gasteiger partial charge in [-0.2, -0.15) is 0 Å². The first kappa shape index (κ1) is 27.3. The second-order valence-electron chi connectivity index (χ2n) is 8.35. The lowest BCUT2D eigenvalue weighted by atomic mass is 9.96. The number of nitrogens with one attached hydrogen (secondary N) is 2. The van der Waals surface area contributed by atoms with Gasteiger partial charge in [-0.05, 0) is 19.5 Å². The molecule has 1 aromatic heterocycles. The Bertz CT molecular complexity index is 988. The maximum atomic E-state index is 12.2. The fraction of sp³-hybridized carbons (Fsp3) is 0.737. The summed E-state index contributed by atoms with van der Waals surface area (Å²) in [5, 5.41) is 55.1. The molecule has 2 saturated heterocycles. The normalized spacial score (nSPS) is 34.7. The third-order valence-corrected chi connectivity index (χ3v) is 6.02. The zero-order valence-electron chi connectivity index (χ0n) is 18.6. The molecule has 198 valence electrons. The number of carbonyl (C=O) groups is 1. The number of nitrogens with two attached hydrogens (primary N) is 2. The van der Waals surface area contributed by atoms with E-state index in [2.05, 4.69) is 5.32 Å². The molecule has 3 rings (SSSR count). The van der Waals surface area contributed by atoms with E-state index in [1.165, 1.54) is 0 Å². The van der Waals surface area contributed by atoms with Crippen LogP contribution in [0.4, 0.5) is 0 Å². The van der Waals surface area contributed by atoms with E-state index in [1.807, 2.05) is 4.98 Å². The lowest BCUT2D eigenvalue weighted by molar-refractivity contribution is -0.225. The summed E-state index contributed by atoms with van der Waals surface area (Å²) in [5.74, 6) is -1.43. The van der Waals surface area contributed by atoms with E-state index in [1.54, 1.807) is 0 Å².